The second-order valence-corrected chi connectivity index (χ2v) is 6.16. The number of hydrogen-bond donors (Lipinski definition) is 2. The van der Waals surface area contributed by atoms with Crippen LogP contribution in [0.5, 0.6) is 0 Å². The van der Waals surface area contributed by atoms with E-state index >= 15 is 0 Å². The highest BCUT2D eigenvalue weighted by atomic mass is 16.4. The highest BCUT2D eigenvalue weighted by molar-refractivity contribution is 5.72. The first kappa shape index (κ1) is 22.1. The predicted octanol–water partition coefficient (Wildman–Crippen LogP) is 1.03. The Labute approximate surface area is 143 Å². The lowest BCUT2D eigenvalue weighted by Gasteiger charge is -2.36. The topological polar surface area (TPSA) is 115 Å². The van der Waals surface area contributed by atoms with Gasteiger partial charge in [0, 0.05) is 0 Å². The first-order valence-corrected chi connectivity index (χ1v) is 8.45. The van der Waals surface area contributed by atoms with E-state index in [1.54, 1.807) is 0 Å². The van der Waals surface area contributed by atoms with E-state index in [1.165, 1.54) is 6.42 Å². The van der Waals surface area contributed by atoms with Crippen LogP contribution in [0.2, 0.25) is 0 Å². The summed E-state index contributed by atoms with van der Waals surface area (Å²) in [7, 11) is 0. The molecule has 0 radical (unpaired) electrons. The van der Waals surface area contributed by atoms with Crippen molar-refractivity contribution in [2.75, 3.05) is 26.2 Å². The molecule has 0 aromatic carbocycles. The molecule has 138 valence electrons. The summed E-state index contributed by atoms with van der Waals surface area (Å²) in [6.45, 7) is 0.676. The Morgan fingerprint density at radius 3 is 1.88 bits per heavy atom. The van der Waals surface area contributed by atoms with Crippen LogP contribution in [-0.2, 0) is 14.4 Å². The van der Waals surface area contributed by atoms with E-state index < -0.39 is 42.0 Å². The average molecular weight is 343 g/mol. The molecule has 0 amide bonds. The van der Waals surface area contributed by atoms with Gasteiger partial charge in [-0.25, -0.2) is 9.59 Å². The SMILES string of the molecule is CCCC/C=C/CCCCC[N+](CC(=O)[O-])(CC(=O)O)CC(=O)O. The van der Waals surface area contributed by atoms with E-state index in [1.807, 2.05) is 0 Å². The number of hydrogen-bond acceptors (Lipinski definition) is 4. The fourth-order valence-corrected chi connectivity index (χ4v) is 2.70. The molecule has 0 saturated carbocycles. The zero-order chi connectivity index (χ0) is 18.4. The van der Waals surface area contributed by atoms with Gasteiger partial charge < -0.3 is 24.6 Å². The van der Waals surface area contributed by atoms with Crippen molar-refractivity contribution in [1.82, 2.24) is 0 Å². The summed E-state index contributed by atoms with van der Waals surface area (Å²) in [6, 6.07) is 0. The van der Waals surface area contributed by atoms with Crippen molar-refractivity contribution in [3.05, 3.63) is 12.2 Å². The molecular weight excluding hydrogens is 314 g/mol. The van der Waals surface area contributed by atoms with Crippen LogP contribution in [0.25, 0.3) is 0 Å². The summed E-state index contributed by atoms with van der Waals surface area (Å²) in [4.78, 5) is 32.9. The third-order valence-corrected chi connectivity index (χ3v) is 3.80. The molecule has 0 aliphatic heterocycles. The maximum absolute atomic E-state index is 11.0. The lowest BCUT2D eigenvalue weighted by Crippen LogP contribution is -2.59. The van der Waals surface area contributed by atoms with Gasteiger partial charge in [0.15, 0.2) is 13.1 Å². The van der Waals surface area contributed by atoms with Crippen LogP contribution in [0.4, 0.5) is 0 Å². The molecule has 0 saturated heterocycles. The quantitative estimate of drug-likeness (QED) is 0.261. The van der Waals surface area contributed by atoms with Gasteiger partial charge in [0.05, 0.1) is 12.5 Å². The van der Waals surface area contributed by atoms with Crippen LogP contribution in [0, 0.1) is 0 Å². The van der Waals surface area contributed by atoms with Gasteiger partial charge in [-0.15, -0.1) is 0 Å². The van der Waals surface area contributed by atoms with Crippen molar-refractivity contribution in [2.24, 2.45) is 0 Å². The fraction of sp³-hybridized carbons (Fsp3) is 0.706. The third kappa shape index (κ3) is 11.6. The average Bonchev–Trinajstić information content (AvgIpc) is 2.43. The molecule has 0 heterocycles. The maximum Gasteiger partial charge on any atom is 0.359 e. The first-order chi connectivity index (χ1) is 11.3. The Morgan fingerprint density at radius 1 is 0.875 bits per heavy atom. The Kier molecular flexibility index (Phi) is 11.5. The first-order valence-electron chi connectivity index (χ1n) is 8.45. The number of allylic oxidation sites excluding steroid dienone is 2. The maximum atomic E-state index is 11.0. The van der Waals surface area contributed by atoms with Crippen LogP contribution in [0.1, 0.15) is 51.9 Å². The lowest BCUT2D eigenvalue weighted by molar-refractivity contribution is -0.909. The van der Waals surface area contributed by atoms with Gasteiger partial charge in [0.25, 0.3) is 0 Å². The third-order valence-electron chi connectivity index (χ3n) is 3.80. The van der Waals surface area contributed by atoms with E-state index in [-0.39, 0.29) is 6.54 Å². The number of carbonyl (C=O) groups excluding carboxylic acids is 1. The Bertz CT molecular complexity index is 392. The van der Waals surface area contributed by atoms with E-state index in [9.17, 15) is 19.5 Å². The van der Waals surface area contributed by atoms with Gasteiger partial charge in [-0.3, -0.25) is 0 Å². The van der Waals surface area contributed by atoms with E-state index in [0.29, 0.717) is 6.42 Å². The van der Waals surface area contributed by atoms with Crippen molar-refractivity contribution in [2.45, 2.75) is 51.9 Å². The monoisotopic (exact) mass is 343 g/mol. The summed E-state index contributed by atoms with van der Waals surface area (Å²) >= 11 is 0. The Morgan fingerprint density at radius 2 is 1.42 bits per heavy atom. The molecular formula is C17H29NO6. The summed E-state index contributed by atoms with van der Waals surface area (Å²) in [5.41, 5.74) is 0. The molecule has 2 N–H and O–H groups in total. The minimum atomic E-state index is -1.43. The van der Waals surface area contributed by atoms with Gasteiger partial charge in [0.1, 0.15) is 6.54 Å². The molecule has 0 spiro atoms. The molecule has 0 aliphatic rings. The molecule has 0 fully saturated rings. The highest BCUT2D eigenvalue weighted by Crippen LogP contribution is 2.12. The summed E-state index contributed by atoms with van der Waals surface area (Å²) in [5, 5.41) is 28.9. The fourth-order valence-electron chi connectivity index (χ4n) is 2.70. The number of carboxylic acid groups (broad SMARTS) is 3. The number of unbranched alkanes of at least 4 members (excludes halogenated alkanes) is 5. The number of nitrogens with zero attached hydrogens (tertiary/aromatic N) is 1. The second kappa shape index (κ2) is 12.5. The molecule has 7 heteroatoms. The molecule has 0 aromatic rings. The van der Waals surface area contributed by atoms with Crippen molar-refractivity contribution < 1.29 is 34.2 Å². The largest absolute Gasteiger partial charge is 0.544 e. The minimum Gasteiger partial charge on any atom is -0.544 e. The number of rotatable bonds is 15. The highest BCUT2D eigenvalue weighted by Gasteiger charge is 2.33. The minimum absolute atomic E-state index is 0.201. The standard InChI is InChI=1S/C17H29NO6/c1-2-3-4-5-6-7-8-9-10-11-18(12-15(19)20,13-16(21)22)14-17(23)24/h5-6H,2-4,7-14H2,1H3,(H2-,19,20,21,22,23,24)/b6-5+. The van der Waals surface area contributed by atoms with Gasteiger partial charge in [-0.1, -0.05) is 31.9 Å². The van der Waals surface area contributed by atoms with Gasteiger partial charge in [-0.05, 0) is 32.1 Å². The van der Waals surface area contributed by atoms with Crippen molar-refractivity contribution in [3.8, 4) is 0 Å². The molecule has 7 nitrogen and oxygen atoms in total. The smallest absolute Gasteiger partial charge is 0.359 e. The molecule has 0 rings (SSSR count). The zero-order valence-electron chi connectivity index (χ0n) is 14.4. The van der Waals surface area contributed by atoms with Crippen LogP contribution < -0.4 is 5.11 Å². The van der Waals surface area contributed by atoms with E-state index in [2.05, 4.69) is 19.1 Å². The molecule has 0 aromatic heterocycles. The number of carbonyl (C=O) groups is 3. The molecule has 0 unspecified atom stereocenters. The van der Waals surface area contributed by atoms with Gasteiger partial charge in [0.2, 0.25) is 0 Å². The lowest BCUT2D eigenvalue weighted by atomic mass is 10.1. The molecule has 0 bridgehead atoms. The number of carboxylic acids is 3. The summed E-state index contributed by atoms with van der Waals surface area (Å²) in [5.74, 6) is -3.86. The zero-order valence-corrected chi connectivity index (χ0v) is 14.4. The number of aliphatic carboxylic acids is 3. The Balaban J connectivity index is 4.43. The van der Waals surface area contributed by atoms with Crippen LogP contribution >= 0.6 is 0 Å². The molecule has 0 aliphatic carbocycles. The summed E-state index contributed by atoms with van der Waals surface area (Å²) < 4.78 is -0.515. The van der Waals surface area contributed by atoms with Crippen molar-refractivity contribution in [3.63, 3.8) is 0 Å². The van der Waals surface area contributed by atoms with E-state index in [4.69, 9.17) is 10.2 Å². The van der Waals surface area contributed by atoms with Crippen LogP contribution in [-0.4, -0.2) is 58.8 Å². The van der Waals surface area contributed by atoms with Crippen LogP contribution in [0.3, 0.4) is 0 Å². The predicted molar refractivity (Wildman–Crippen MR) is 87.1 cm³/mol. The van der Waals surface area contributed by atoms with E-state index in [0.717, 1.165) is 32.1 Å². The Hall–Kier alpha value is -1.89. The van der Waals surface area contributed by atoms with Crippen molar-refractivity contribution in [1.29, 1.82) is 0 Å². The normalized spacial score (nSPS) is 11.7. The van der Waals surface area contributed by atoms with Gasteiger partial charge >= 0.3 is 11.9 Å². The van der Waals surface area contributed by atoms with Crippen molar-refractivity contribution >= 4 is 17.9 Å². The van der Waals surface area contributed by atoms with Gasteiger partial charge in [-0.2, -0.15) is 0 Å². The second-order valence-electron chi connectivity index (χ2n) is 6.16. The van der Waals surface area contributed by atoms with Crippen LogP contribution in [0.15, 0.2) is 12.2 Å². The molecule has 0 atom stereocenters. The molecule has 24 heavy (non-hydrogen) atoms. The number of quaternary nitrogens is 1. The summed E-state index contributed by atoms with van der Waals surface area (Å²) in [6.07, 6.45) is 10.9.